The van der Waals surface area contributed by atoms with Gasteiger partial charge >= 0.3 is 5.97 Å². The smallest absolute Gasteiger partial charge is 0.308 e. The van der Waals surface area contributed by atoms with Crippen LogP contribution in [0.4, 0.5) is 5.69 Å². The van der Waals surface area contributed by atoms with Gasteiger partial charge in [0.1, 0.15) is 5.75 Å². The second-order valence-corrected chi connectivity index (χ2v) is 7.18. The fraction of sp³-hybridized carbons (Fsp3) is 0.263. The summed E-state index contributed by atoms with van der Waals surface area (Å²) in [6.07, 6.45) is 0.165. The second kappa shape index (κ2) is 5.59. The Kier molecular flexibility index (Phi) is 3.61. The number of hydrogen-bond acceptors (Lipinski definition) is 4. The molecule has 0 saturated carbocycles. The van der Waals surface area contributed by atoms with Gasteiger partial charge < -0.3 is 14.4 Å². The van der Waals surface area contributed by atoms with Crippen molar-refractivity contribution in [2.45, 2.75) is 17.9 Å². The van der Waals surface area contributed by atoms with E-state index in [2.05, 4.69) is 15.9 Å². The Hall–Kier alpha value is -2.34. The normalized spacial score (nSPS) is 24.6. The molecule has 0 bridgehead atoms. The van der Waals surface area contributed by atoms with E-state index < -0.39 is 5.60 Å². The summed E-state index contributed by atoms with van der Waals surface area (Å²) in [6.45, 7) is 0. The van der Waals surface area contributed by atoms with Gasteiger partial charge in [0.2, 0.25) is 5.60 Å². The summed E-state index contributed by atoms with van der Waals surface area (Å²) < 4.78 is 11.8. The van der Waals surface area contributed by atoms with Gasteiger partial charge in [0.15, 0.2) is 0 Å². The maximum Gasteiger partial charge on any atom is 0.308 e. The van der Waals surface area contributed by atoms with Crippen LogP contribution in [0, 0.1) is 0 Å². The predicted molar refractivity (Wildman–Crippen MR) is 95.7 cm³/mol. The van der Waals surface area contributed by atoms with Crippen molar-refractivity contribution in [2.24, 2.45) is 0 Å². The molecule has 2 aliphatic rings. The summed E-state index contributed by atoms with van der Waals surface area (Å²) in [6, 6.07) is 13.0. The summed E-state index contributed by atoms with van der Waals surface area (Å²) in [5.41, 5.74) is 1.06. The average molecular weight is 402 g/mol. The topological polar surface area (TPSA) is 55.8 Å². The number of benzene rings is 2. The van der Waals surface area contributed by atoms with Crippen LogP contribution < -0.4 is 9.64 Å². The molecule has 25 heavy (non-hydrogen) atoms. The van der Waals surface area contributed by atoms with Crippen molar-refractivity contribution in [1.82, 2.24) is 0 Å². The lowest BCUT2D eigenvalue weighted by atomic mass is 9.78. The van der Waals surface area contributed by atoms with Crippen molar-refractivity contribution in [3.05, 3.63) is 58.1 Å². The molecule has 4 rings (SSSR count). The van der Waals surface area contributed by atoms with Crippen LogP contribution in [-0.2, 0) is 19.9 Å². The third-order valence-corrected chi connectivity index (χ3v) is 5.49. The Morgan fingerprint density at radius 3 is 2.60 bits per heavy atom. The van der Waals surface area contributed by atoms with Gasteiger partial charge in [0.05, 0.1) is 19.2 Å². The Balaban J connectivity index is 1.90. The van der Waals surface area contributed by atoms with Gasteiger partial charge in [0, 0.05) is 23.0 Å². The van der Waals surface area contributed by atoms with Crippen molar-refractivity contribution in [3.63, 3.8) is 0 Å². The summed E-state index contributed by atoms with van der Waals surface area (Å²) in [4.78, 5) is 27.0. The molecule has 1 amide bonds. The number of carbonyl (C=O) groups is 2. The van der Waals surface area contributed by atoms with Gasteiger partial charge in [-0.3, -0.25) is 9.59 Å². The summed E-state index contributed by atoms with van der Waals surface area (Å²) in [7, 11) is 3.31. The molecule has 2 aliphatic heterocycles. The predicted octanol–water partition coefficient (Wildman–Crippen LogP) is 3.36. The van der Waals surface area contributed by atoms with Crippen molar-refractivity contribution < 1.29 is 19.1 Å². The van der Waals surface area contributed by atoms with Crippen molar-refractivity contribution in [3.8, 4) is 5.75 Å². The highest BCUT2D eigenvalue weighted by atomic mass is 79.9. The van der Waals surface area contributed by atoms with Gasteiger partial charge in [-0.15, -0.1) is 0 Å². The van der Waals surface area contributed by atoms with Gasteiger partial charge in [-0.2, -0.15) is 0 Å². The lowest BCUT2D eigenvalue weighted by Crippen LogP contribution is -2.42. The molecular formula is C19H16BrNO4. The number of methoxy groups -OCH3 is 1. The molecule has 0 radical (unpaired) electrons. The number of carbonyl (C=O) groups excluding carboxylic acids is 2. The van der Waals surface area contributed by atoms with Gasteiger partial charge in [0.25, 0.3) is 5.91 Å². The number of amides is 1. The van der Waals surface area contributed by atoms with Crippen LogP contribution in [0.25, 0.3) is 0 Å². The fourth-order valence-corrected chi connectivity index (χ4v) is 4.16. The maximum absolute atomic E-state index is 13.2. The number of esters is 1. The standard InChI is InChI=1S/C19H16BrNO4/c1-21-16-8-5-12(20)9-15(16)19(18(21)23)14(10-17(22)25-19)11-3-6-13(24-2)7-4-11/h3-9,14H,10H2,1-2H3/t14-,19-/m0/s1. The Morgan fingerprint density at radius 1 is 1.20 bits per heavy atom. The molecule has 5 nitrogen and oxygen atoms in total. The van der Waals surface area contributed by atoms with E-state index in [9.17, 15) is 9.59 Å². The zero-order valence-electron chi connectivity index (χ0n) is 13.8. The zero-order valence-corrected chi connectivity index (χ0v) is 15.4. The van der Waals surface area contributed by atoms with E-state index in [4.69, 9.17) is 9.47 Å². The minimum absolute atomic E-state index is 0.165. The Bertz CT molecular complexity index is 879. The first-order valence-electron chi connectivity index (χ1n) is 7.91. The number of anilines is 1. The molecule has 0 N–H and O–H groups in total. The van der Waals surface area contributed by atoms with Crippen LogP contribution in [0.2, 0.25) is 0 Å². The number of ether oxygens (including phenoxy) is 2. The molecular weight excluding hydrogens is 386 g/mol. The Labute approximate surface area is 153 Å². The number of hydrogen-bond donors (Lipinski definition) is 0. The molecule has 1 fully saturated rings. The number of fused-ring (bicyclic) bond motifs is 2. The number of nitrogens with zero attached hydrogens (tertiary/aromatic N) is 1. The van der Waals surface area contributed by atoms with Crippen LogP contribution in [0.5, 0.6) is 5.75 Å². The third-order valence-electron chi connectivity index (χ3n) is 5.00. The number of likely N-dealkylation sites (N-methyl/N-ethyl adjacent to an activating group) is 1. The van der Waals surface area contributed by atoms with Crippen LogP contribution in [-0.4, -0.2) is 26.0 Å². The van der Waals surface area contributed by atoms with E-state index in [1.807, 2.05) is 42.5 Å². The highest BCUT2D eigenvalue weighted by Crippen LogP contribution is 2.55. The lowest BCUT2D eigenvalue weighted by Gasteiger charge is -2.28. The van der Waals surface area contributed by atoms with Crippen molar-refractivity contribution >= 4 is 33.5 Å². The molecule has 2 aromatic rings. The lowest BCUT2D eigenvalue weighted by molar-refractivity contribution is -0.157. The number of halogens is 1. The monoisotopic (exact) mass is 401 g/mol. The minimum atomic E-state index is -1.31. The largest absolute Gasteiger partial charge is 0.497 e. The number of rotatable bonds is 2. The highest BCUT2D eigenvalue weighted by molar-refractivity contribution is 9.10. The first-order valence-corrected chi connectivity index (χ1v) is 8.70. The molecule has 6 heteroatoms. The third kappa shape index (κ3) is 2.20. The van der Waals surface area contributed by atoms with Crippen LogP contribution >= 0.6 is 15.9 Å². The van der Waals surface area contributed by atoms with E-state index in [0.717, 1.165) is 27.0 Å². The second-order valence-electron chi connectivity index (χ2n) is 6.27. The molecule has 2 atom stereocenters. The maximum atomic E-state index is 13.2. The van der Waals surface area contributed by atoms with E-state index in [1.165, 1.54) is 0 Å². The average Bonchev–Trinajstić information content (AvgIpc) is 3.07. The molecule has 0 unspecified atom stereocenters. The Morgan fingerprint density at radius 2 is 1.92 bits per heavy atom. The molecule has 0 aliphatic carbocycles. The fourth-order valence-electron chi connectivity index (χ4n) is 3.80. The summed E-state index contributed by atoms with van der Waals surface area (Å²) in [5.74, 6) is -0.236. The first-order chi connectivity index (χ1) is 12.0. The quantitative estimate of drug-likeness (QED) is 0.723. The van der Waals surface area contributed by atoms with E-state index in [1.54, 1.807) is 19.1 Å². The van der Waals surface area contributed by atoms with Crippen LogP contribution in [0.1, 0.15) is 23.5 Å². The van der Waals surface area contributed by atoms with Gasteiger partial charge in [-0.25, -0.2) is 0 Å². The molecule has 0 aromatic heterocycles. The van der Waals surface area contributed by atoms with Crippen LogP contribution in [0.15, 0.2) is 46.9 Å². The molecule has 2 aromatic carbocycles. The first kappa shape index (κ1) is 16.1. The summed E-state index contributed by atoms with van der Waals surface area (Å²) >= 11 is 3.46. The molecule has 128 valence electrons. The molecule has 1 spiro atoms. The van der Waals surface area contributed by atoms with Crippen molar-refractivity contribution in [1.29, 1.82) is 0 Å². The van der Waals surface area contributed by atoms with Crippen LogP contribution in [0.3, 0.4) is 0 Å². The SMILES string of the molecule is COc1ccc([C@@H]2CC(=O)O[C@@]23C(=O)N(C)c2ccc(Br)cc23)cc1. The summed E-state index contributed by atoms with van der Waals surface area (Å²) in [5, 5.41) is 0. The highest BCUT2D eigenvalue weighted by Gasteiger charge is 2.62. The molecule has 1 saturated heterocycles. The van der Waals surface area contributed by atoms with Crippen molar-refractivity contribution in [2.75, 3.05) is 19.1 Å². The molecule has 2 heterocycles. The zero-order chi connectivity index (χ0) is 17.8. The van der Waals surface area contributed by atoms with E-state index in [0.29, 0.717) is 0 Å². The van der Waals surface area contributed by atoms with E-state index in [-0.39, 0.29) is 24.2 Å². The minimum Gasteiger partial charge on any atom is -0.497 e. The van der Waals surface area contributed by atoms with Gasteiger partial charge in [-0.1, -0.05) is 28.1 Å². The van der Waals surface area contributed by atoms with Gasteiger partial charge in [-0.05, 0) is 35.9 Å². The van der Waals surface area contributed by atoms with E-state index >= 15 is 0 Å².